The van der Waals surface area contributed by atoms with Gasteiger partial charge in [0.1, 0.15) is 6.04 Å². The molecule has 6 nitrogen and oxygen atoms in total. The van der Waals surface area contributed by atoms with Crippen LogP contribution in [0.1, 0.15) is 174 Å². The van der Waals surface area contributed by atoms with Crippen LogP contribution in [-0.4, -0.2) is 47.8 Å². The molecular weight excluding hydrogens is 488 g/mol. The van der Waals surface area contributed by atoms with E-state index in [0.29, 0.717) is 13.0 Å². The highest BCUT2D eigenvalue weighted by Gasteiger charge is 2.13. The number of aliphatic hydroxyl groups is 1. The number of rotatable bonds is 32. The molecule has 0 unspecified atom stereocenters. The molecule has 1 atom stereocenters. The summed E-state index contributed by atoms with van der Waals surface area (Å²) in [6.07, 6.45) is 32.8. The molecule has 6 heteroatoms. The van der Waals surface area contributed by atoms with Gasteiger partial charge in [-0.05, 0) is 25.8 Å². The van der Waals surface area contributed by atoms with Crippen LogP contribution < -0.4 is 10.6 Å². The zero-order valence-corrected chi connectivity index (χ0v) is 25.8. The monoisotopic (exact) mass is 555 g/mol. The number of aliphatic carboxylic acids is 1. The van der Waals surface area contributed by atoms with Gasteiger partial charge in [-0.3, -0.25) is 9.59 Å². The molecule has 232 valence electrons. The molecule has 0 aromatic heterocycles. The Balaban J connectivity index is 3.21. The third-order valence-corrected chi connectivity index (χ3v) is 7.80. The number of carbonyl (C=O) groups excluding carboxylic acids is 1. The third-order valence-electron chi connectivity index (χ3n) is 7.80. The number of carboxylic acids is 1. The molecule has 0 aliphatic rings. The lowest BCUT2D eigenvalue weighted by Gasteiger charge is -2.10. The van der Waals surface area contributed by atoms with Crippen molar-refractivity contribution in [1.82, 2.24) is 10.6 Å². The topological polar surface area (TPSA) is 98.7 Å². The molecular formula is C33H66N2O4. The fourth-order valence-corrected chi connectivity index (χ4v) is 5.14. The Hall–Kier alpha value is -1.14. The third kappa shape index (κ3) is 29.7. The van der Waals surface area contributed by atoms with Crippen LogP contribution in [0.4, 0.5) is 0 Å². The largest absolute Gasteiger partial charge is 0.480 e. The van der Waals surface area contributed by atoms with Gasteiger partial charge in [0.2, 0.25) is 5.91 Å². The van der Waals surface area contributed by atoms with Crippen LogP contribution in [0.2, 0.25) is 0 Å². The van der Waals surface area contributed by atoms with Crippen molar-refractivity contribution < 1.29 is 19.8 Å². The summed E-state index contributed by atoms with van der Waals surface area (Å²) in [6.45, 7) is 3.41. The summed E-state index contributed by atoms with van der Waals surface area (Å²) < 4.78 is 0. The molecule has 39 heavy (non-hydrogen) atoms. The minimum atomic E-state index is -0.986. The Morgan fingerprint density at radius 3 is 1.28 bits per heavy atom. The summed E-state index contributed by atoms with van der Waals surface area (Å²) in [6, 6.07) is -0.831. The van der Waals surface area contributed by atoms with Gasteiger partial charge in [-0.25, -0.2) is 0 Å². The highest BCUT2D eigenvalue weighted by molar-refractivity contribution is 5.75. The Bertz CT molecular complexity index is 530. The van der Waals surface area contributed by atoms with E-state index in [1.54, 1.807) is 0 Å². The van der Waals surface area contributed by atoms with E-state index in [2.05, 4.69) is 17.6 Å². The van der Waals surface area contributed by atoms with Gasteiger partial charge in [0.05, 0.1) is 6.61 Å². The molecule has 4 N–H and O–H groups in total. The molecule has 0 aliphatic carbocycles. The average molecular weight is 555 g/mol. The van der Waals surface area contributed by atoms with Gasteiger partial charge in [0.25, 0.3) is 0 Å². The first-order chi connectivity index (χ1) is 19.1. The summed E-state index contributed by atoms with van der Waals surface area (Å²) in [5, 5.41) is 23.8. The van der Waals surface area contributed by atoms with E-state index in [1.807, 2.05) is 0 Å². The highest BCUT2D eigenvalue weighted by Crippen LogP contribution is 2.14. The normalized spacial score (nSPS) is 12.1. The second-order valence-electron chi connectivity index (χ2n) is 11.6. The zero-order chi connectivity index (χ0) is 28.7. The molecule has 0 saturated heterocycles. The van der Waals surface area contributed by atoms with Crippen LogP contribution in [-0.2, 0) is 9.59 Å². The van der Waals surface area contributed by atoms with Crippen molar-refractivity contribution in [2.75, 3.05) is 19.7 Å². The standard InChI is InChI=1S/C33H66N2O4/c1-2-3-4-5-6-7-8-9-12-15-18-21-24-27-32(37)35-29-26-23-20-17-14-11-10-13-16-19-22-25-28-34-31(30-36)33(38)39/h31,34,36H,2-30H2,1H3,(H,35,37)(H,38,39)/t31-/m0/s1. The van der Waals surface area contributed by atoms with E-state index in [0.717, 1.165) is 32.2 Å². The lowest BCUT2D eigenvalue weighted by molar-refractivity contribution is -0.140. The second-order valence-corrected chi connectivity index (χ2v) is 11.6. The van der Waals surface area contributed by atoms with Crippen molar-refractivity contribution in [3.63, 3.8) is 0 Å². The van der Waals surface area contributed by atoms with E-state index in [9.17, 15) is 9.59 Å². The highest BCUT2D eigenvalue weighted by atomic mass is 16.4. The number of carbonyl (C=O) groups is 2. The molecule has 0 aromatic carbocycles. The van der Waals surface area contributed by atoms with Crippen molar-refractivity contribution in [1.29, 1.82) is 0 Å². The Kier molecular flexibility index (Phi) is 30.5. The van der Waals surface area contributed by atoms with Crippen LogP contribution in [0.5, 0.6) is 0 Å². The number of hydrogen-bond donors (Lipinski definition) is 4. The lowest BCUT2D eigenvalue weighted by atomic mass is 10.0. The number of amides is 1. The first kappa shape index (κ1) is 37.9. The molecule has 0 aromatic rings. The molecule has 1 amide bonds. The molecule has 0 heterocycles. The summed E-state index contributed by atoms with van der Waals surface area (Å²) in [7, 11) is 0. The number of unbranched alkanes of at least 4 members (excludes halogenated alkanes) is 23. The maximum absolute atomic E-state index is 12.0. The van der Waals surface area contributed by atoms with Crippen molar-refractivity contribution in [3.8, 4) is 0 Å². The van der Waals surface area contributed by atoms with E-state index < -0.39 is 12.0 Å². The van der Waals surface area contributed by atoms with Crippen molar-refractivity contribution >= 4 is 11.9 Å². The molecule has 0 saturated carbocycles. The first-order valence-electron chi connectivity index (χ1n) is 17.0. The Labute approximate surface area is 241 Å². The summed E-state index contributed by atoms with van der Waals surface area (Å²) in [5.74, 6) is -0.747. The fraction of sp³-hybridized carbons (Fsp3) is 0.939. The molecule has 0 rings (SSSR count). The van der Waals surface area contributed by atoms with E-state index in [-0.39, 0.29) is 12.5 Å². The maximum atomic E-state index is 12.0. The number of nitrogens with one attached hydrogen (secondary N) is 2. The van der Waals surface area contributed by atoms with Crippen LogP contribution >= 0.6 is 0 Å². The number of carboxylic acid groups (broad SMARTS) is 1. The summed E-state index contributed by atoms with van der Waals surface area (Å²) in [5.41, 5.74) is 0. The Morgan fingerprint density at radius 2 is 0.897 bits per heavy atom. The molecule has 0 bridgehead atoms. The van der Waals surface area contributed by atoms with Crippen molar-refractivity contribution in [3.05, 3.63) is 0 Å². The first-order valence-corrected chi connectivity index (χ1v) is 17.0. The zero-order valence-electron chi connectivity index (χ0n) is 25.8. The molecule has 0 radical (unpaired) electrons. The van der Waals surface area contributed by atoms with Gasteiger partial charge in [-0.2, -0.15) is 0 Å². The van der Waals surface area contributed by atoms with Crippen LogP contribution in [0.3, 0.4) is 0 Å². The summed E-state index contributed by atoms with van der Waals surface area (Å²) in [4.78, 5) is 22.8. The SMILES string of the molecule is CCCCCCCCCCCCCCCC(=O)NCCCCCCCCCCCCCCN[C@@H](CO)C(=O)O. The summed E-state index contributed by atoms with van der Waals surface area (Å²) >= 11 is 0. The molecule has 0 spiro atoms. The van der Waals surface area contributed by atoms with Gasteiger partial charge >= 0.3 is 5.97 Å². The Morgan fingerprint density at radius 1 is 0.538 bits per heavy atom. The van der Waals surface area contributed by atoms with E-state index in [1.165, 1.54) is 135 Å². The molecule has 0 fully saturated rings. The average Bonchev–Trinajstić information content (AvgIpc) is 2.92. The van der Waals surface area contributed by atoms with Gasteiger partial charge in [-0.15, -0.1) is 0 Å². The number of hydrogen-bond acceptors (Lipinski definition) is 4. The van der Waals surface area contributed by atoms with Crippen LogP contribution in [0.15, 0.2) is 0 Å². The fourth-order valence-electron chi connectivity index (χ4n) is 5.14. The van der Waals surface area contributed by atoms with Gasteiger partial charge in [0, 0.05) is 13.0 Å². The number of aliphatic hydroxyl groups excluding tert-OH is 1. The predicted molar refractivity (Wildman–Crippen MR) is 165 cm³/mol. The van der Waals surface area contributed by atoms with E-state index in [4.69, 9.17) is 10.2 Å². The predicted octanol–water partition coefficient (Wildman–Crippen LogP) is 8.30. The van der Waals surface area contributed by atoms with Crippen LogP contribution in [0.25, 0.3) is 0 Å². The van der Waals surface area contributed by atoms with Gasteiger partial charge in [0.15, 0.2) is 0 Å². The maximum Gasteiger partial charge on any atom is 0.323 e. The van der Waals surface area contributed by atoms with Gasteiger partial charge in [-0.1, -0.05) is 148 Å². The quantitative estimate of drug-likeness (QED) is 0.0627. The second kappa shape index (κ2) is 31.4. The van der Waals surface area contributed by atoms with Gasteiger partial charge < -0.3 is 20.8 Å². The van der Waals surface area contributed by atoms with E-state index >= 15 is 0 Å². The smallest absolute Gasteiger partial charge is 0.323 e. The van der Waals surface area contributed by atoms with Crippen LogP contribution in [0, 0.1) is 0 Å². The van der Waals surface area contributed by atoms with Crippen molar-refractivity contribution in [2.45, 2.75) is 180 Å². The minimum absolute atomic E-state index is 0.240. The lowest BCUT2D eigenvalue weighted by Crippen LogP contribution is -2.40. The molecule has 0 aliphatic heterocycles. The minimum Gasteiger partial charge on any atom is -0.480 e. The van der Waals surface area contributed by atoms with Crippen molar-refractivity contribution in [2.24, 2.45) is 0 Å².